The van der Waals surface area contributed by atoms with Crippen molar-refractivity contribution in [3.63, 3.8) is 0 Å². The fraction of sp³-hybridized carbons (Fsp3) is 0.800. The number of rotatable bonds is 2. The highest BCUT2D eigenvalue weighted by atomic mass is 32.2. The zero-order valence-corrected chi connectivity index (χ0v) is 8.77. The minimum atomic E-state index is -0.400. The maximum atomic E-state index is 10.1. The monoisotopic (exact) mass is 200 g/mol. The molecule has 2 nitrogen and oxygen atoms in total. The minimum Gasteiger partial charge on any atom is -0.495 e. The Morgan fingerprint density at radius 1 is 1.69 bits per heavy atom. The van der Waals surface area contributed by atoms with Gasteiger partial charge in [0, 0.05) is 11.2 Å². The van der Waals surface area contributed by atoms with Gasteiger partial charge in [0.2, 0.25) is 0 Å². The third-order valence-electron chi connectivity index (χ3n) is 2.83. The highest BCUT2D eigenvalue weighted by Gasteiger charge is 2.40. The van der Waals surface area contributed by atoms with Gasteiger partial charge in [-0.25, -0.2) is 0 Å². The second-order valence-corrected chi connectivity index (χ2v) is 5.54. The van der Waals surface area contributed by atoms with Crippen LogP contribution in [0.1, 0.15) is 26.2 Å². The zero-order chi connectivity index (χ0) is 9.31. The maximum absolute atomic E-state index is 10.1. The van der Waals surface area contributed by atoms with Gasteiger partial charge >= 0.3 is 0 Å². The first-order valence-corrected chi connectivity index (χ1v) is 5.86. The van der Waals surface area contributed by atoms with E-state index < -0.39 is 6.10 Å². The predicted octanol–water partition coefficient (Wildman–Crippen LogP) is 1.94. The van der Waals surface area contributed by atoms with Crippen LogP contribution in [0.3, 0.4) is 0 Å². The Labute approximate surface area is 83.4 Å². The van der Waals surface area contributed by atoms with E-state index in [1.54, 1.807) is 0 Å². The van der Waals surface area contributed by atoms with Gasteiger partial charge in [-0.15, -0.1) is 0 Å². The maximum Gasteiger partial charge on any atom is 0.125 e. The van der Waals surface area contributed by atoms with Crippen molar-refractivity contribution >= 4 is 11.8 Å². The van der Waals surface area contributed by atoms with E-state index in [0.717, 1.165) is 25.2 Å². The first-order valence-electron chi connectivity index (χ1n) is 4.87. The number of thioether (sulfide) groups is 1. The van der Waals surface area contributed by atoms with Crippen molar-refractivity contribution in [3.8, 4) is 0 Å². The average molecular weight is 200 g/mol. The van der Waals surface area contributed by atoms with Crippen molar-refractivity contribution in [2.75, 3.05) is 12.4 Å². The summed E-state index contributed by atoms with van der Waals surface area (Å²) in [6.45, 7) is 2.88. The van der Waals surface area contributed by atoms with E-state index in [2.05, 4.69) is 6.92 Å². The van der Waals surface area contributed by atoms with Crippen molar-refractivity contribution < 1.29 is 9.84 Å². The Balaban J connectivity index is 2.06. The molecule has 0 saturated carbocycles. The molecule has 0 spiro atoms. The molecule has 1 N–H and O–H groups in total. The van der Waals surface area contributed by atoms with Crippen molar-refractivity contribution in [3.05, 3.63) is 11.8 Å². The number of aliphatic hydroxyl groups is 1. The average Bonchev–Trinajstić information content (AvgIpc) is 2.73. The van der Waals surface area contributed by atoms with Gasteiger partial charge in [-0.1, -0.05) is 0 Å². The first-order chi connectivity index (χ1) is 6.22. The molecule has 3 heteroatoms. The molecule has 1 saturated heterocycles. The van der Waals surface area contributed by atoms with Gasteiger partial charge in [0.15, 0.2) is 0 Å². The molecular weight excluding hydrogens is 184 g/mol. The Bertz CT molecular complexity index is 219. The van der Waals surface area contributed by atoms with E-state index in [1.165, 1.54) is 12.2 Å². The van der Waals surface area contributed by atoms with Crippen LogP contribution in [0.15, 0.2) is 11.8 Å². The van der Waals surface area contributed by atoms with E-state index in [9.17, 15) is 5.11 Å². The van der Waals surface area contributed by atoms with Crippen LogP contribution in [0.25, 0.3) is 0 Å². The molecule has 0 aromatic carbocycles. The van der Waals surface area contributed by atoms with Crippen LogP contribution in [-0.4, -0.2) is 28.3 Å². The normalized spacial score (nSPS) is 35.7. The lowest BCUT2D eigenvalue weighted by Gasteiger charge is -2.29. The van der Waals surface area contributed by atoms with Crippen LogP contribution >= 0.6 is 11.8 Å². The summed E-state index contributed by atoms with van der Waals surface area (Å²) in [5.41, 5.74) is 0. The summed E-state index contributed by atoms with van der Waals surface area (Å²) in [4.78, 5) is 0. The lowest BCUT2D eigenvalue weighted by atomic mass is 9.97. The second-order valence-electron chi connectivity index (χ2n) is 3.91. The van der Waals surface area contributed by atoms with Crippen molar-refractivity contribution in [1.29, 1.82) is 0 Å². The summed E-state index contributed by atoms with van der Waals surface area (Å²) >= 11 is 1.87. The van der Waals surface area contributed by atoms with Gasteiger partial charge < -0.3 is 9.84 Å². The molecule has 2 unspecified atom stereocenters. The molecule has 2 aliphatic rings. The van der Waals surface area contributed by atoms with Crippen LogP contribution in [0, 0.1) is 0 Å². The molecule has 2 aliphatic heterocycles. The fourth-order valence-corrected chi connectivity index (χ4v) is 3.26. The summed E-state index contributed by atoms with van der Waals surface area (Å²) < 4.78 is 5.39. The summed E-state index contributed by atoms with van der Waals surface area (Å²) in [6, 6.07) is 0. The molecule has 2 heterocycles. The number of hydrogen-bond acceptors (Lipinski definition) is 3. The lowest BCUT2D eigenvalue weighted by Crippen LogP contribution is -2.35. The third-order valence-corrected chi connectivity index (χ3v) is 4.41. The van der Waals surface area contributed by atoms with Crippen LogP contribution < -0.4 is 0 Å². The van der Waals surface area contributed by atoms with Crippen molar-refractivity contribution in [2.24, 2.45) is 0 Å². The van der Waals surface area contributed by atoms with E-state index in [4.69, 9.17) is 4.74 Å². The molecule has 0 aromatic heterocycles. The Morgan fingerprint density at radius 3 is 3.08 bits per heavy atom. The van der Waals surface area contributed by atoms with E-state index in [-0.39, 0.29) is 4.75 Å². The molecule has 0 aromatic rings. The fourth-order valence-electron chi connectivity index (χ4n) is 1.94. The highest BCUT2D eigenvalue weighted by molar-refractivity contribution is 8.00. The molecule has 2 atom stereocenters. The Hall–Kier alpha value is -0.150. The van der Waals surface area contributed by atoms with Gasteiger partial charge in [0.1, 0.15) is 11.9 Å². The SMILES string of the molecule is CC1(C(O)C2=CCCO2)CCCS1. The molecular formula is C10H16O2S. The number of hydrogen-bond donors (Lipinski definition) is 1. The van der Waals surface area contributed by atoms with Crippen LogP contribution in [-0.2, 0) is 4.74 Å². The molecule has 0 bridgehead atoms. The van der Waals surface area contributed by atoms with Gasteiger partial charge in [-0.2, -0.15) is 11.8 Å². The highest BCUT2D eigenvalue weighted by Crippen LogP contribution is 2.43. The van der Waals surface area contributed by atoms with Crippen LogP contribution in [0.5, 0.6) is 0 Å². The summed E-state index contributed by atoms with van der Waals surface area (Å²) in [5, 5.41) is 10.1. The third kappa shape index (κ3) is 1.72. The predicted molar refractivity (Wildman–Crippen MR) is 54.8 cm³/mol. The minimum absolute atomic E-state index is 0.00380. The number of aliphatic hydroxyl groups excluding tert-OH is 1. The molecule has 0 amide bonds. The molecule has 0 aliphatic carbocycles. The smallest absolute Gasteiger partial charge is 0.125 e. The Morgan fingerprint density at radius 2 is 2.54 bits per heavy atom. The quantitative estimate of drug-likeness (QED) is 0.738. The molecule has 0 radical (unpaired) electrons. The van der Waals surface area contributed by atoms with E-state index in [1.807, 2.05) is 17.8 Å². The topological polar surface area (TPSA) is 29.5 Å². The lowest BCUT2D eigenvalue weighted by molar-refractivity contribution is 0.0920. The van der Waals surface area contributed by atoms with E-state index >= 15 is 0 Å². The molecule has 1 fully saturated rings. The van der Waals surface area contributed by atoms with Crippen molar-refractivity contribution in [2.45, 2.75) is 37.0 Å². The van der Waals surface area contributed by atoms with Gasteiger partial charge in [0.05, 0.1) is 6.61 Å². The second kappa shape index (κ2) is 3.54. The van der Waals surface area contributed by atoms with Gasteiger partial charge in [-0.3, -0.25) is 0 Å². The summed E-state index contributed by atoms with van der Waals surface area (Å²) in [5.74, 6) is 1.97. The zero-order valence-electron chi connectivity index (χ0n) is 7.95. The molecule has 2 rings (SSSR count). The van der Waals surface area contributed by atoms with Gasteiger partial charge in [0.25, 0.3) is 0 Å². The summed E-state index contributed by atoms with van der Waals surface area (Å²) in [6.07, 6.45) is 4.88. The standard InChI is InChI=1S/C10H16O2S/c1-10(5-3-7-13-10)9(11)8-4-2-6-12-8/h4,9,11H,2-3,5-7H2,1H3. The van der Waals surface area contributed by atoms with E-state index in [0.29, 0.717) is 0 Å². The van der Waals surface area contributed by atoms with Gasteiger partial charge in [-0.05, 0) is 31.6 Å². The molecule has 74 valence electrons. The Kier molecular flexibility index (Phi) is 2.56. The van der Waals surface area contributed by atoms with Crippen LogP contribution in [0.2, 0.25) is 0 Å². The largest absolute Gasteiger partial charge is 0.495 e. The molecule has 13 heavy (non-hydrogen) atoms. The summed E-state index contributed by atoms with van der Waals surface area (Å²) in [7, 11) is 0. The van der Waals surface area contributed by atoms with Crippen molar-refractivity contribution in [1.82, 2.24) is 0 Å². The first kappa shape index (κ1) is 9.41. The number of ether oxygens (including phenoxy) is 1. The van der Waals surface area contributed by atoms with Crippen LogP contribution in [0.4, 0.5) is 0 Å².